The molecular formula is C20H26N2O2S. The lowest BCUT2D eigenvalue weighted by atomic mass is 10.0. The van der Waals surface area contributed by atoms with Gasteiger partial charge in [-0.05, 0) is 23.7 Å². The summed E-state index contributed by atoms with van der Waals surface area (Å²) in [5, 5.41) is 0. The van der Waals surface area contributed by atoms with Gasteiger partial charge in [-0.25, -0.2) is 0 Å². The van der Waals surface area contributed by atoms with E-state index in [9.17, 15) is 4.55 Å². The van der Waals surface area contributed by atoms with Crippen molar-refractivity contribution in [1.82, 2.24) is 9.21 Å². The third-order valence-electron chi connectivity index (χ3n) is 4.95. The molecule has 5 heteroatoms. The van der Waals surface area contributed by atoms with Gasteiger partial charge in [0.25, 0.3) is 0 Å². The number of rotatable bonds is 5. The summed E-state index contributed by atoms with van der Waals surface area (Å²) in [6.07, 6.45) is 0. The molecule has 2 unspecified atom stereocenters. The van der Waals surface area contributed by atoms with Gasteiger partial charge in [0, 0.05) is 18.2 Å². The molecular weight excluding hydrogens is 332 g/mol. The molecule has 0 aromatic heterocycles. The van der Waals surface area contributed by atoms with Crippen LogP contribution in [0.4, 0.5) is 0 Å². The van der Waals surface area contributed by atoms with Gasteiger partial charge >= 0.3 is 0 Å². The highest BCUT2D eigenvalue weighted by molar-refractivity contribution is 7.89. The van der Waals surface area contributed by atoms with E-state index >= 15 is 0 Å². The Balaban J connectivity index is 0.00000182. The first-order chi connectivity index (χ1) is 11.7. The quantitative estimate of drug-likeness (QED) is 0.652. The van der Waals surface area contributed by atoms with Gasteiger partial charge in [-0.1, -0.05) is 44.7 Å². The Morgan fingerprint density at radius 1 is 1.20 bits per heavy atom. The molecule has 0 bridgehead atoms. The minimum Gasteiger partial charge on any atom is -0.593 e. The molecule has 1 fully saturated rings. The fourth-order valence-corrected chi connectivity index (χ4v) is 4.95. The van der Waals surface area contributed by atoms with Crippen LogP contribution >= 0.6 is 0 Å². The normalized spacial score (nSPS) is 20.7. The number of hydrogen-bond donors (Lipinski definition) is 0. The maximum atomic E-state index is 13.1. The van der Waals surface area contributed by atoms with Crippen molar-refractivity contribution < 1.29 is 9.29 Å². The predicted octanol–water partition coefficient (Wildman–Crippen LogP) is 3.71. The fraction of sp³-hybridized carbons (Fsp3) is 0.400. The Morgan fingerprint density at radius 2 is 1.96 bits per heavy atom. The Kier molecular flexibility index (Phi) is 5.39. The zero-order chi connectivity index (χ0) is 16.7. The smallest absolute Gasteiger partial charge is 0.217 e. The molecule has 2 aliphatic carbocycles. The molecule has 134 valence electrons. The maximum absolute atomic E-state index is 13.1. The van der Waals surface area contributed by atoms with Crippen molar-refractivity contribution in [3.8, 4) is 16.9 Å². The highest BCUT2D eigenvalue weighted by Crippen LogP contribution is 2.49. The molecule has 1 aliphatic heterocycles. The van der Waals surface area contributed by atoms with Gasteiger partial charge in [0.15, 0.2) is 5.75 Å². The highest BCUT2D eigenvalue weighted by atomic mass is 32.2. The van der Waals surface area contributed by atoms with E-state index in [0.717, 1.165) is 42.4 Å². The van der Waals surface area contributed by atoms with Crippen molar-refractivity contribution in [2.75, 3.05) is 33.3 Å². The second-order valence-corrected chi connectivity index (χ2v) is 7.70. The summed E-state index contributed by atoms with van der Waals surface area (Å²) in [7, 11) is 1.66. The number of ether oxygens (including phenoxy) is 1. The van der Waals surface area contributed by atoms with Crippen LogP contribution < -0.4 is 4.74 Å². The van der Waals surface area contributed by atoms with E-state index in [2.05, 4.69) is 46.5 Å². The van der Waals surface area contributed by atoms with Crippen LogP contribution in [0.15, 0.2) is 47.4 Å². The Morgan fingerprint density at radius 3 is 2.64 bits per heavy atom. The molecule has 4 nitrogen and oxygen atoms in total. The second kappa shape index (κ2) is 7.38. The number of fused-ring (bicyclic) bond motifs is 1. The van der Waals surface area contributed by atoms with Crippen LogP contribution in [0.5, 0.6) is 5.75 Å². The van der Waals surface area contributed by atoms with Crippen LogP contribution in [0.2, 0.25) is 0 Å². The lowest BCUT2D eigenvalue weighted by molar-refractivity contribution is 0.124. The molecule has 4 rings (SSSR count). The summed E-state index contributed by atoms with van der Waals surface area (Å²) in [5.74, 6) is 0.789. The van der Waals surface area contributed by atoms with Gasteiger partial charge in [0.2, 0.25) is 4.90 Å². The van der Waals surface area contributed by atoms with E-state index in [-0.39, 0.29) is 13.5 Å². The molecule has 2 atom stereocenters. The Bertz CT molecular complexity index is 738. The lowest BCUT2D eigenvalue weighted by Gasteiger charge is -2.40. The van der Waals surface area contributed by atoms with Crippen LogP contribution in [0.3, 0.4) is 0 Å². The van der Waals surface area contributed by atoms with Crippen LogP contribution in [0, 0.1) is 0 Å². The minimum atomic E-state index is -1.17. The zero-order valence-electron chi connectivity index (χ0n) is 14.1. The molecule has 0 radical (unpaired) electrons. The number of nitrogens with zero attached hydrogens (tertiary/aromatic N) is 2. The summed E-state index contributed by atoms with van der Waals surface area (Å²) < 4.78 is 20.7. The number of likely N-dealkylation sites (N-methyl/N-ethyl adjacent to an activating group) is 1. The lowest BCUT2D eigenvalue weighted by Crippen LogP contribution is -2.50. The average Bonchev–Trinajstić information content (AvgIpc) is 3.32. The first-order valence-corrected chi connectivity index (χ1v) is 9.51. The van der Waals surface area contributed by atoms with E-state index in [1.54, 1.807) is 7.11 Å². The zero-order valence-corrected chi connectivity index (χ0v) is 14.9. The third-order valence-corrected chi connectivity index (χ3v) is 6.43. The van der Waals surface area contributed by atoms with Crippen LogP contribution in [-0.2, 0) is 11.4 Å². The monoisotopic (exact) mass is 358 g/mol. The highest BCUT2D eigenvalue weighted by Gasteiger charge is 2.38. The van der Waals surface area contributed by atoms with Gasteiger partial charge in [0.05, 0.1) is 37.6 Å². The van der Waals surface area contributed by atoms with Crippen LogP contribution in [-0.4, -0.2) is 47.0 Å². The van der Waals surface area contributed by atoms with Gasteiger partial charge in [-0.15, -0.1) is 4.31 Å². The van der Waals surface area contributed by atoms with E-state index in [1.807, 2.05) is 12.1 Å². The van der Waals surface area contributed by atoms with Gasteiger partial charge in [-0.2, -0.15) is 0 Å². The minimum absolute atomic E-state index is 0. The van der Waals surface area contributed by atoms with E-state index in [0.29, 0.717) is 0 Å². The molecule has 0 saturated carbocycles. The van der Waals surface area contributed by atoms with E-state index in [4.69, 9.17) is 4.74 Å². The molecule has 0 spiro atoms. The topological polar surface area (TPSA) is 38.8 Å². The van der Waals surface area contributed by atoms with Crippen molar-refractivity contribution in [3.05, 3.63) is 48.0 Å². The van der Waals surface area contributed by atoms with Crippen LogP contribution in [0.25, 0.3) is 11.1 Å². The Hall–Kier alpha value is -1.53. The largest absolute Gasteiger partial charge is 0.593 e. The van der Waals surface area contributed by atoms with Crippen molar-refractivity contribution in [1.29, 1.82) is 0 Å². The molecule has 3 aliphatic rings. The molecule has 1 heterocycles. The fourth-order valence-electron chi connectivity index (χ4n) is 3.57. The van der Waals surface area contributed by atoms with Crippen molar-refractivity contribution in [2.45, 2.75) is 25.3 Å². The van der Waals surface area contributed by atoms with Crippen LogP contribution in [0.1, 0.15) is 26.0 Å². The maximum Gasteiger partial charge on any atom is 0.217 e. The predicted molar refractivity (Wildman–Crippen MR) is 103 cm³/mol. The standard InChI is InChI=1S/C19H22N2O2S.CH4/c1-3-20-9-10-21(13-17(20)14-7-5-4-6-8-14)24(22)18-12-15-11-16(15)19(18)23-2;/h4-8,11-12,17H,3,9-10,13H2,1-2H3;1H4. The molecule has 25 heavy (non-hydrogen) atoms. The van der Waals surface area contributed by atoms with Gasteiger partial charge in [0.1, 0.15) is 0 Å². The summed E-state index contributed by atoms with van der Waals surface area (Å²) >= 11 is -1.17. The first-order valence-electron chi connectivity index (χ1n) is 8.41. The SMILES string of the molecule is C.CCN1CCN([S+]([O-])c2cc3cc-3c2OC)CC1c1ccccc1. The molecule has 1 saturated heterocycles. The molecule has 0 amide bonds. The molecule has 0 N–H and O–H groups in total. The first kappa shape index (κ1) is 18.3. The second-order valence-electron chi connectivity index (χ2n) is 6.25. The molecule has 1 aromatic carbocycles. The Labute approximate surface area is 153 Å². The summed E-state index contributed by atoms with van der Waals surface area (Å²) in [6, 6.07) is 14.9. The average molecular weight is 359 g/mol. The van der Waals surface area contributed by atoms with Crippen molar-refractivity contribution >= 4 is 11.4 Å². The van der Waals surface area contributed by atoms with Crippen molar-refractivity contribution in [2.24, 2.45) is 0 Å². The van der Waals surface area contributed by atoms with E-state index < -0.39 is 11.4 Å². The molecule has 1 aromatic rings. The van der Waals surface area contributed by atoms with E-state index in [1.165, 1.54) is 11.1 Å². The number of piperazine rings is 1. The number of hydrogen-bond acceptors (Lipinski definition) is 4. The third kappa shape index (κ3) is 3.29. The van der Waals surface area contributed by atoms with Gasteiger partial charge < -0.3 is 9.29 Å². The summed E-state index contributed by atoms with van der Waals surface area (Å²) in [6.45, 7) is 5.70. The summed E-state index contributed by atoms with van der Waals surface area (Å²) in [5.41, 5.74) is 3.58. The van der Waals surface area contributed by atoms with Gasteiger partial charge in [-0.3, -0.25) is 4.90 Å². The summed E-state index contributed by atoms with van der Waals surface area (Å²) in [4.78, 5) is 3.28. The number of benzene rings is 2. The van der Waals surface area contributed by atoms with Crippen molar-refractivity contribution in [3.63, 3.8) is 0 Å². The number of methoxy groups -OCH3 is 1.